The molecule has 0 saturated heterocycles. The molecule has 30 heavy (non-hydrogen) atoms. The van der Waals surface area contributed by atoms with E-state index in [0.717, 1.165) is 48.3 Å². The summed E-state index contributed by atoms with van der Waals surface area (Å²) in [6, 6.07) is 3.57. The SMILES string of the molecule is Cc1ccc(C2CCC(C(C)C3CCC(C4CCC(C)CC4)CC3)CC2)c(F)c1F. The Morgan fingerprint density at radius 3 is 1.77 bits per heavy atom. The monoisotopic (exact) mass is 416 g/mol. The lowest BCUT2D eigenvalue weighted by molar-refractivity contribution is 0.100. The van der Waals surface area contributed by atoms with Gasteiger partial charge >= 0.3 is 0 Å². The van der Waals surface area contributed by atoms with Crippen LogP contribution in [0.15, 0.2) is 12.1 Å². The van der Waals surface area contributed by atoms with Gasteiger partial charge in [-0.25, -0.2) is 8.78 Å². The fraction of sp³-hybridized carbons (Fsp3) is 0.786. The highest BCUT2D eigenvalue weighted by Crippen LogP contribution is 2.47. The van der Waals surface area contributed by atoms with Crippen molar-refractivity contribution < 1.29 is 8.78 Å². The average molecular weight is 417 g/mol. The minimum Gasteiger partial charge on any atom is -0.203 e. The van der Waals surface area contributed by atoms with Gasteiger partial charge in [-0.15, -0.1) is 0 Å². The maximum absolute atomic E-state index is 14.4. The van der Waals surface area contributed by atoms with Gasteiger partial charge in [0.15, 0.2) is 11.6 Å². The zero-order valence-corrected chi connectivity index (χ0v) is 19.4. The molecule has 0 radical (unpaired) electrons. The summed E-state index contributed by atoms with van der Waals surface area (Å²) < 4.78 is 28.4. The van der Waals surface area contributed by atoms with Crippen molar-refractivity contribution in [1.82, 2.24) is 0 Å². The van der Waals surface area contributed by atoms with Crippen molar-refractivity contribution in [1.29, 1.82) is 0 Å². The van der Waals surface area contributed by atoms with E-state index in [4.69, 9.17) is 0 Å². The lowest BCUT2D eigenvalue weighted by Gasteiger charge is -2.42. The normalized spacial score (nSPS) is 36.4. The van der Waals surface area contributed by atoms with Gasteiger partial charge < -0.3 is 0 Å². The third kappa shape index (κ3) is 4.78. The van der Waals surface area contributed by atoms with Gasteiger partial charge in [-0.3, -0.25) is 0 Å². The maximum atomic E-state index is 14.4. The second-order valence-corrected chi connectivity index (χ2v) is 11.3. The summed E-state index contributed by atoms with van der Waals surface area (Å²) in [5, 5.41) is 0. The van der Waals surface area contributed by atoms with Crippen LogP contribution in [0.1, 0.15) is 108 Å². The van der Waals surface area contributed by atoms with E-state index in [1.54, 1.807) is 13.0 Å². The first-order chi connectivity index (χ1) is 14.4. The number of halogens is 2. The van der Waals surface area contributed by atoms with Gasteiger partial charge in [0.2, 0.25) is 0 Å². The molecule has 0 amide bonds. The van der Waals surface area contributed by atoms with Crippen molar-refractivity contribution in [2.45, 2.75) is 104 Å². The van der Waals surface area contributed by atoms with Crippen LogP contribution in [0.4, 0.5) is 8.78 Å². The Morgan fingerprint density at radius 2 is 1.20 bits per heavy atom. The van der Waals surface area contributed by atoms with Gasteiger partial charge in [0, 0.05) is 0 Å². The Morgan fingerprint density at radius 1 is 0.700 bits per heavy atom. The zero-order valence-electron chi connectivity index (χ0n) is 19.4. The van der Waals surface area contributed by atoms with Crippen molar-refractivity contribution in [3.8, 4) is 0 Å². The Bertz CT molecular complexity index is 687. The van der Waals surface area contributed by atoms with Crippen molar-refractivity contribution in [2.24, 2.45) is 35.5 Å². The Hall–Kier alpha value is -0.920. The first-order valence-electron chi connectivity index (χ1n) is 12.9. The lowest BCUT2D eigenvalue weighted by Crippen LogP contribution is -2.31. The molecule has 0 aromatic heterocycles. The van der Waals surface area contributed by atoms with Crippen LogP contribution in [0.25, 0.3) is 0 Å². The topological polar surface area (TPSA) is 0 Å². The van der Waals surface area contributed by atoms with Crippen LogP contribution in [0.2, 0.25) is 0 Å². The largest absolute Gasteiger partial charge is 0.203 e. The van der Waals surface area contributed by atoms with Crippen LogP contribution in [-0.2, 0) is 0 Å². The molecule has 0 N–H and O–H groups in total. The van der Waals surface area contributed by atoms with E-state index in [2.05, 4.69) is 13.8 Å². The molecule has 3 saturated carbocycles. The molecule has 1 unspecified atom stereocenters. The molecule has 4 rings (SSSR count). The predicted molar refractivity (Wildman–Crippen MR) is 122 cm³/mol. The molecule has 1 aromatic rings. The van der Waals surface area contributed by atoms with E-state index < -0.39 is 11.6 Å². The molecule has 0 nitrogen and oxygen atoms in total. The van der Waals surface area contributed by atoms with Crippen molar-refractivity contribution in [3.05, 3.63) is 34.9 Å². The summed E-state index contributed by atoms with van der Waals surface area (Å²) in [6.07, 6.45) is 16.0. The fourth-order valence-corrected chi connectivity index (χ4v) is 7.22. The van der Waals surface area contributed by atoms with Crippen LogP contribution < -0.4 is 0 Å². The van der Waals surface area contributed by atoms with Crippen LogP contribution >= 0.6 is 0 Å². The highest BCUT2D eigenvalue weighted by Gasteiger charge is 2.35. The van der Waals surface area contributed by atoms with Crippen LogP contribution in [-0.4, -0.2) is 0 Å². The van der Waals surface area contributed by atoms with Crippen LogP contribution in [0.5, 0.6) is 0 Å². The highest BCUT2D eigenvalue weighted by atomic mass is 19.2. The Balaban J connectivity index is 1.26. The van der Waals surface area contributed by atoms with E-state index in [-0.39, 0.29) is 5.92 Å². The molecule has 3 fully saturated rings. The molecule has 0 spiro atoms. The minimum atomic E-state index is -0.646. The fourth-order valence-electron chi connectivity index (χ4n) is 7.22. The molecule has 3 aliphatic rings. The van der Waals surface area contributed by atoms with Crippen molar-refractivity contribution in [3.63, 3.8) is 0 Å². The minimum absolute atomic E-state index is 0.202. The quantitative estimate of drug-likeness (QED) is 0.460. The Kier molecular flexibility index (Phi) is 7.20. The number of rotatable bonds is 4. The number of aryl methyl sites for hydroxylation is 1. The third-order valence-electron chi connectivity index (χ3n) is 9.55. The molecule has 1 aromatic carbocycles. The summed E-state index contributed by atoms with van der Waals surface area (Å²) in [7, 11) is 0. The standard InChI is InChI=1S/C28H42F2/c1-18-4-7-23(8-5-18)24-13-9-21(10-14-24)20(3)22-11-15-25(16-12-22)26-17-6-19(2)27(29)28(26)30/h6,17-18,20-25H,4-5,7-16H2,1-3H3. The van der Waals surface area contributed by atoms with Crippen LogP contribution in [0.3, 0.4) is 0 Å². The number of benzene rings is 1. The second-order valence-electron chi connectivity index (χ2n) is 11.3. The third-order valence-corrected chi connectivity index (χ3v) is 9.55. The van der Waals surface area contributed by atoms with Gasteiger partial charge in [-0.1, -0.05) is 38.8 Å². The van der Waals surface area contributed by atoms with Crippen LogP contribution in [0, 0.1) is 54.1 Å². The van der Waals surface area contributed by atoms with Crippen molar-refractivity contribution in [2.75, 3.05) is 0 Å². The molecule has 0 bridgehead atoms. The average Bonchev–Trinajstić information content (AvgIpc) is 2.78. The van der Waals surface area contributed by atoms with Gasteiger partial charge in [-0.2, -0.15) is 0 Å². The predicted octanol–water partition coefficient (Wildman–Crippen LogP) is 8.82. The Labute approximate surface area is 183 Å². The molecule has 2 heteroatoms. The summed E-state index contributed by atoms with van der Waals surface area (Å²) in [6.45, 7) is 6.56. The smallest absolute Gasteiger partial charge is 0.162 e. The van der Waals surface area contributed by atoms with Gasteiger partial charge in [0.25, 0.3) is 0 Å². The first kappa shape index (κ1) is 22.3. The highest BCUT2D eigenvalue weighted by molar-refractivity contribution is 5.28. The molecular weight excluding hydrogens is 374 g/mol. The van der Waals surface area contributed by atoms with E-state index in [1.165, 1.54) is 64.2 Å². The molecule has 3 aliphatic carbocycles. The summed E-state index contributed by atoms with van der Waals surface area (Å²) >= 11 is 0. The molecule has 1 atom stereocenters. The molecule has 0 aliphatic heterocycles. The second kappa shape index (κ2) is 9.70. The van der Waals surface area contributed by atoms with Gasteiger partial charge in [0.1, 0.15) is 0 Å². The molecule has 168 valence electrons. The molecule has 0 heterocycles. The molecular formula is C28H42F2. The van der Waals surface area contributed by atoms with E-state index in [9.17, 15) is 8.78 Å². The number of hydrogen-bond donors (Lipinski definition) is 0. The zero-order chi connectivity index (χ0) is 21.3. The van der Waals surface area contributed by atoms with E-state index in [0.29, 0.717) is 11.1 Å². The summed E-state index contributed by atoms with van der Waals surface area (Å²) in [5.74, 6) is 4.38. The first-order valence-corrected chi connectivity index (χ1v) is 12.9. The summed E-state index contributed by atoms with van der Waals surface area (Å²) in [5.41, 5.74) is 1.03. The van der Waals surface area contributed by atoms with E-state index in [1.807, 2.05) is 6.07 Å². The lowest BCUT2D eigenvalue weighted by atomic mass is 9.64. The van der Waals surface area contributed by atoms with Crippen molar-refractivity contribution >= 4 is 0 Å². The van der Waals surface area contributed by atoms with Gasteiger partial charge in [-0.05, 0) is 124 Å². The maximum Gasteiger partial charge on any atom is 0.162 e. The summed E-state index contributed by atoms with van der Waals surface area (Å²) in [4.78, 5) is 0. The number of hydrogen-bond acceptors (Lipinski definition) is 0. The van der Waals surface area contributed by atoms with E-state index >= 15 is 0 Å². The van der Waals surface area contributed by atoms with Gasteiger partial charge in [0.05, 0.1) is 0 Å².